The molecule has 9 nitrogen and oxygen atoms in total. The summed E-state index contributed by atoms with van der Waals surface area (Å²) in [7, 11) is -4.39. The smallest absolute Gasteiger partial charge is 0.462 e. The normalized spacial score (nSPS) is 13.1. The largest absolute Gasteiger partial charge is 0.472 e. The number of carbonyl (C=O) groups excluding carboxylic acids is 2. The maximum atomic E-state index is 12.8. The van der Waals surface area contributed by atoms with E-state index in [0.29, 0.717) is 6.42 Å². The van der Waals surface area contributed by atoms with E-state index < -0.39 is 26.5 Å². The number of ether oxygens (including phenoxy) is 2. The number of carbonyl (C=O) groups is 2. The quantitative estimate of drug-likeness (QED) is 0.0264. The van der Waals surface area contributed by atoms with Crippen LogP contribution >= 0.6 is 7.82 Å². The molecule has 0 saturated heterocycles. The van der Waals surface area contributed by atoms with Crippen LogP contribution in [0, 0.1) is 0 Å². The number of phosphoric acid groups is 1. The number of esters is 2. The van der Waals surface area contributed by atoms with Gasteiger partial charge >= 0.3 is 19.8 Å². The zero-order chi connectivity index (χ0) is 57.3. The molecule has 0 aromatic heterocycles. The average molecular weight is 1130 g/mol. The fourth-order valence-electron chi connectivity index (χ4n) is 10.4. The van der Waals surface area contributed by atoms with Crippen molar-refractivity contribution in [2.24, 2.45) is 5.73 Å². The van der Waals surface area contributed by atoms with Gasteiger partial charge in [-0.05, 0) is 70.6 Å². The van der Waals surface area contributed by atoms with Gasteiger partial charge < -0.3 is 20.1 Å². The van der Waals surface area contributed by atoms with Crippen molar-refractivity contribution in [1.82, 2.24) is 0 Å². The Morgan fingerprint density at radius 3 is 0.975 bits per heavy atom. The zero-order valence-electron chi connectivity index (χ0n) is 52.4. The molecule has 0 aliphatic rings. The first kappa shape index (κ1) is 77.2. The summed E-state index contributed by atoms with van der Waals surface area (Å²) in [5.74, 6) is -0.808. The molecule has 0 amide bonds. The van der Waals surface area contributed by atoms with E-state index in [0.717, 1.165) is 38.5 Å². The molecule has 3 N–H and O–H groups in total. The van der Waals surface area contributed by atoms with Gasteiger partial charge in [0, 0.05) is 19.4 Å². The molecule has 2 atom stereocenters. The van der Waals surface area contributed by atoms with Crippen molar-refractivity contribution in [2.75, 3.05) is 26.4 Å². The third-order valence-electron chi connectivity index (χ3n) is 15.5. The van der Waals surface area contributed by atoms with Crippen molar-refractivity contribution in [3.8, 4) is 0 Å². The lowest BCUT2D eigenvalue weighted by atomic mass is 10.0. The van der Waals surface area contributed by atoms with Gasteiger partial charge in [-0.3, -0.25) is 18.6 Å². The standard InChI is InChI=1S/C69H132NO8P/c1-3-5-7-9-11-13-15-17-19-21-23-25-27-28-29-30-31-32-33-34-35-36-37-38-40-42-44-46-48-50-52-54-56-58-60-62-69(72)78-67(66-77-79(73,74)76-64-63-70)65-75-68(71)61-59-57-55-53-51-49-47-45-43-41-39-26-24-22-20-18-16-14-12-10-8-6-4-2/h15,17,21-24,67H,3-14,16,18-20,25-66,70H2,1-2H3,(H,73,74)/b17-15-,23-21-,24-22-. The Morgan fingerprint density at radius 1 is 0.380 bits per heavy atom. The second-order valence-electron chi connectivity index (χ2n) is 23.4. The Morgan fingerprint density at radius 2 is 0.658 bits per heavy atom. The first-order valence-electron chi connectivity index (χ1n) is 34.5. The van der Waals surface area contributed by atoms with Gasteiger partial charge in [0.15, 0.2) is 6.10 Å². The van der Waals surface area contributed by atoms with E-state index in [1.165, 1.54) is 289 Å². The molecule has 0 aromatic carbocycles. The molecule has 0 spiro atoms. The van der Waals surface area contributed by atoms with Gasteiger partial charge in [0.1, 0.15) is 6.61 Å². The van der Waals surface area contributed by atoms with E-state index in [2.05, 4.69) is 50.3 Å². The first-order valence-corrected chi connectivity index (χ1v) is 36.0. The van der Waals surface area contributed by atoms with Crippen LogP contribution in [0.25, 0.3) is 0 Å². The SMILES string of the molecule is CCCCCCC/C=C\C/C=C\CCCCCCCCCCCCCCCCCCCCCCCCCC(=O)OC(COC(=O)CCCCCCCCCCCCC/C=C\CCCCCCCCCC)COP(=O)(O)OCCN. The molecular formula is C69H132NO8P. The predicted molar refractivity (Wildman–Crippen MR) is 340 cm³/mol. The van der Waals surface area contributed by atoms with Crippen molar-refractivity contribution in [3.63, 3.8) is 0 Å². The van der Waals surface area contributed by atoms with E-state index in [1.807, 2.05) is 0 Å². The number of rotatable bonds is 66. The van der Waals surface area contributed by atoms with Gasteiger partial charge in [-0.15, -0.1) is 0 Å². The molecule has 466 valence electrons. The Labute approximate surface area is 490 Å². The van der Waals surface area contributed by atoms with Gasteiger partial charge in [-0.1, -0.05) is 314 Å². The lowest BCUT2D eigenvalue weighted by Crippen LogP contribution is -2.29. The highest BCUT2D eigenvalue weighted by molar-refractivity contribution is 7.47. The topological polar surface area (TPSA) is 134 Å². The molecule has 0 heterocycles. The van der Waals surface area contributed by atoms with E-state index >= 15 is 0 Å². The second-order valence-corrected chi connectivity index (χ2v) is 24.8. The van der Waals surface area contributed by atoms with E-state index in [-0.39, 0.29) is 38.6 Å². The number of hydrogen-bond donors (Lipinski definition) is 2. The molecule has 0 rings (SSSR count). The average Bonchev–Trinajstić information content (AvgIpc) is 3.44. The van der Waals surface area contributed by atoms with Crippen LogP contribution in [0.2, 0.25) is 0 Å². The number of allylic oxidation sites excluding steroid dienone is 6. The van der Waals surface area contributed by atoms with Gasteiger partial charge in [0.2, 0.25) is 0 Å². The highest BCUT2D eigenvalue weighted by Gasteiger charge is 2.26. The molecule has 0 aliphatic heterocycles. The van der Waals surface area contributed by atoms with E-state index in [4.69, 9.17) is 24.3 Å². The summed E-state index contributed by atoms with van der Waals surface area (Å²) in [6, 6.07) is 0. The minimum Gasteiger partial charge on any atom is -0.462 e. The highest BCUT2D eigenvalue weighted by atomic mass is 31.2. The van der Waals surface area contributed by atoms with E-state index in [9.17, 15) is 19.0 Å². The summed E-state index contributed by atoms with van der Waals surface area (Å²) in [6.45, 7) is 3.80. The summed E-state index contributed by atoms with van der Waals surface area (Å²) in [5, 5.41) is 0. The molecule has 0 bridgehead atoms. The number of phosphoric ester groups is 1. The van der Waals surface area contributed by atoms with Crippen molar-refractivity contribution in [2.45, 2.75) is 367 Å². The van der Waals surface area contributed by atoms with Crippen molar-refractivity contribution in [3.05, 3.63) is 36.5 Å². The van der Waals surface area contributed by atoms with Crippen molar-refractivity contribution >= 4 is 19.8 Å². The van der Waals surface area contributed by atoms with Crippen LogP contribution in [0.3, 0.4) is 0 Å². The molecule has 0 aliphatic carbocycles. The van der Waals surface area contributed by atoms with Crippen LogP contribution in [0.5, 0.6) is 0 Å². The molecule has 0 fully saturated rings. The molecule has 0 aromatic rings. The van der Waals surface area contributed by atoms with Gasteiger partial charge in [0.25, 0.3) is 0 Å². The van der Waals surface area contributed by atoms with Crippen LogP contribution < -0.4 is 5.73 Å². The Hall–Kier alpha value is -1.77. The Balaban J connectivity index is 3.81. The minimum absolute atomic E-state index is 0.0557. The summed E-state index contributed by atoms with van der Waals surface area (Å²) in [6.07, 6.45) is 81.0. The number of unbranched alkanes of at least 4 members (excludes halogenated alkanes) is 47. The van der Waals surface area contributed by atoms with Crippen LogP contribution in [0.4, 0.5) is 0 Å². The first-order chi connectivity index (χ1) is 38.8. The van der Waals surface area contributed by atoms with Gasteiger partial charge in [-0.2, -0.15) is 0 Å². The monoisotopic (exact) mass is 1130 g/mol. The maximum absolute atomic E-state index is 12.8. The molecule has 10 heteroatoms. The summed E-state index contributed by atoms with van der Waals surface area (Å²) >= 11 is 0. The Kier molecular flexibility index (Phi) is 63.9. The molecule has 2 unspecified atom stereocenters. The summed E-state index contributed by atoms with van der Waals surface area (Å²) in [5.41, 5.74) is 5.40. The highest BCUT2D eigenvalue weighted by Crippen LogP contribution is 2.43. The van der Waals surface area contributed by atoms with Crippen LogP contribution in [-0.4, -0.2) is 49.3 Å². The fraction of sp³-hybridized carbons (Fsp3) is 0.884. The van der Waals surface area contributed by atoms with Crippen molar-refractivity contribution in [1.29, 1.82) is 0 Å². The van der Waals surface area contributed by atoms with Crippen LogP contribution in [0.15, 0.2) is 36.5 Å². The molecule has 0 radical (unpaired) electrons. The maximum Gasteiger partial charge on any atom is 0.472 e. The third-order valence-corrected chi connectivity index (χ3v) is 16.5. The molecular weight excluding hydrogens is 1000 g/mol. The number of hydrogen-bond acceptors (Lipinski definition) is 8. The van der Waals surface area contributed by atoms with Gasteiger partial charge in [0.05, 0.1) is 13.2 Å². The predicted octanol–water partition coefficient (Wildman–Crippen LogP) is 22.3. The Bertz CT molecular complexity index is 1390. The van der Waals surface area contributed by atoms with Crippen LogP contribution in [-0.2, 0) is 32.7 Å². The van der Waals surface area contributed by atoms with Gasteiger partial charge in [-0.25, -0.2) is 4.57 Å². The van der Waals surface area contributed by atoms with E-state index in [1.54, 1.807) is 0 Å². The second kappa shape index (κ2) is 65.4. The zero-order valence-corrected chi connectivity index (χ0v) is 53.3. The summed E-state index contributed by atoms with van der Waals surface area (Å²) < 4.78 is 33.2. The molecule has 79 heavy (non-hydrogen) atoms. The minimum atomic E-state index is -4.39. The lowest BCUT2D eigenvalue weighted by molar-refractivity contribution is -0.161. The fourth-order valence-corrected chi connectivity index (χ4v) is 11.1. The number of nitrogens with two attached hydrogens (primary N) is 1. The lowest BCUT2D eigenvalue weighted by Gasteiger charge is -2.19. The summed E-state index contributed by atoms with van der Waals surface area (Å²) in [4.78, 5) is 35.3. The van der Waals surface area contributed by atoms with Crippen molar-refractivity contribution < 1.29 is 37.6 Å². The van der Waals surface area contributed by atoms with Crippen LogP contribution in [0.1, 0.15) is 361 Å². The molecule has 0 saturated carbocycles. The third kappa shape index (κ3) is 65.3.